The molecular weight excluding hydrogens is 250 g/mol. The van der Waals surface area contributed by atoms with E-state index < -0.39 is 17.5 Å². The van der Waals surface area contributed by atoms with Crippen molar-refractivity contribution in [3.05, 3.63) is 35.4 Å². The summed E-state index contributed by atoms with van der Waals surface area (Å²) in [6.45, 7) is 4.39. The van der Waals surface area contributed by atoms with Crippen LogP contribution in [0.25, 0.3) is 0 Å². The van der Waals surface area contributed by atoms with E-state index in [1.807, 2.05) is 13.8 Å². The molecule has 0 aliphatic rings. The number of hydrogen-bond donors (Lipinski definition) is 2. The van der Waals surface area contributed by atoms with E-state index in [-0.39, 0.29) is 18.0 Å². The van der Waals surface area contributed by atoms with E-state index in [1.54, 1.807) is 0 Å². The SMILES string of the molecule is CC(C)CC(N)CNC(=O)Cc1c(F)cccc1F. The standard InChI is InChI=1S/C14H20F2N2O/c1-9(2)6-10(17)8-18-14(19)7-11-12(15)4-3-5-13(11)16/h3-5,9-10H,6-8,17H2,1-2H3,(H,18,19). The predicted molar refractivity (Wildman–Crippen MR) is 70.5 cm³/mol. The molecule has 0 aliphatic carbocycles. The van der Waals surface area contributed by atoms with Crippen LogP contribution in [0, 0.1) is 17.6 Å². The van der Waals surface area contributed by atoms with E-state index in [0.29, 0.717) is 12.5 Å². The quantitative estimate of drug-likeness (QED) is 0.830. The number of amides is 1. The molecule has 5 heteroatoms. The fourth-order valence-corrected chi connectivity index (χ4v) is 1.86. The third kappa shape index (κ3) is 5.34. The minimum atomic E-state index is -0.707. The van der Waals surface area contributed by atoms with Gasteiger partial charge in [-0.2, -0.15) is 0 Å². The molecule has 3 N–H and O–H groups in total. The molecule has 1 rings (SSSR count). The van der Waals surface area contributed by atoms with Crippen molar-refractivity contribution in [2.24, 2.45) is 11.7 Å². The molecule has 0 spiro atoms. The van der Waals surface area contributed by atoms with Crippen molar-refractivity contribution in [1.29, 1.82) is 0 Å². The molecule has 1 aromatic carbocycles. The molecule has 19 heavy (non-hydrogen) atoms. The van der Waals surface area contributed by atoms with E-state index in [0.717, 1.165) is 18.6 Å². The molecule has 0 aromatic heterocycles. The molecule has 0 fully saturated rings. The van der Waals surface area contributed by atoms with Gasteiger partial charge in [-0.3, -0.25) is 4.79 Å². The number of rotatable bonds is 6. The summed E-state index contributed by atoms with van der Waals surface area (Å²) in [5.41, 5.74) is 5.60. The summed E-state index contributed by atoms with van der Waals surface area (Å²) in [4.78, 5) is 11.6. The van der Waals surface area contributed by atoms with Gasteiger partial charge < -0.3 is 11.1 Å². The van der Waals surface area contributed by atoms with Gasteiger partial charge in [0, 0.05) is 18.2 Å². The van der Waals surface area contributed by atoms with Crippen LogP contribution in [0.1, 0.15) is 25.8 Å². The molecular formula is C14H20F2N2O. The normalized spacial score (nSPS) is 12.5. The second kappa shape index (κ2) is 7.19. The second-order valence-corrected chi connectivity index (χ2v) is 5.07. The molecule has 1 amide bonds. The molecule has 0 saturated carbocycles. The number of halogens is 2. The van der Waals surface area contributed by atoms with Crippen molar-refractivity contribution >= 4 is 5.91 Å². The predicted octanol–water partition coefficient (Wildman–Crippen LogP) is 2.00. The number of nitrogens with two attached hydrogens (primary N) is 1. The number of carbonyl (C=O) groups is 1. The van der Waals surface area contributed by atoms with Crippen molar-refractivity contribution in [3.63, 3.8) is 0 Å². The number of hydrogen-bond acceptors (Lipinski definition) is 2. The van der Waals surface area contributed by atoms with Crippen molar-refractivity contribution in [2.45, 2.75) is 32.7 Å². The van der Waals surface area contributed by atoms with Crippen LogP contribution >= 0.6 is 0 Å². The highest BCUT2D eigenvalue weighted by molar-refractivity contribution is 5.78. The number of carbonyl (C=O) groups excluding carboxylic acids is 1. The Balaban J connectivity index is 2.48. The lowest BCUT2D eigenvalue weighted by Gasteiger charge is -2.15. The van der Waals surface area contributed by atoms with E-state index in [9.17, 15) is 13.6 Å². The van der Waals surface area contributed by atoms with Crippen molar-refractivity contribution < 1.29 is 13.6 Å². The average Bonchev–Trinajstić information content (AvgIpc) is 2.30. The van der Waals surface area contributed by atoms with Gasteiger partial charge in [0.2, 0.25) is 5.91 Å². The first-order valence-corrected chi connectivity index (χ1v) is 6.35. The highest BCUT2D eigenvalue weighted by atomic mass is 19.1. The first-order valence-electron chi connectivity index (χ1n) is 6.35. The highest BCUT2D eigenvalue weighted by Gasteiger charge is 2.13. The zero-order valence-corrected chi connectivity index (χ0v) is 11.2. The van der Waals surface area contributed by atoms with Crippen LogP contribution in [0.5, 0.6) is 0 Å². The Morgan fingerprint density at radius 1 is 1.32 bits per heavy atom. The Morgan fingerprint density at radius 3 is 2.42 bits per heavy atom. The maximum atomic E-state index is 13.3. The van der Waals surface area contributed by atoms with Gasteiger partial charge in [0.05, 0.1) is 6.42 Å². The van der Waals surface area contributed by atoms with Crippen molar-refractivity contribution in [3.8, 4) is 0 Å². The Hall–Kier alpha value is -1.49. The molecule has 0 radical (unpaired) electrons. The number of nitrogens with one attached hydrogen (secondary N) is 1. The molecule has 106 valence electrons. The lowest BCUT2D eigenvalue weighted by atomic mass is 10.0. The minimum absolute atomic E-state index is 0.144. The molecule has 0 heterocycles. The molecule has 1 unspecified atom stereocenters. The zero-order chi connectivity index (χ0) is 14.4. The van der Waals surface area contributed by atoms with Crippen molar-refractivity contribution in [2.75, 3.05) is 6.54 Å². The molecule has 1 atom stereocenters. The fraction of sp³-hybridized carbons (Fsp3) is 0.500. The minimum Gasteiger partial charge on any atom is -0.354 e. The summed E-state index contributed by atoms with van der Waals surface area (Å²) >= 11 is 0. The Kier molecular flexibility index (Phi) is 5.89. The van der Waals surface area contributed by atoms with Crippen LogP contribution in [0.4, 0.5) is 8.78 Å². The topological polar surface area (TPSA) is 55.1 Å². The molecule has 0 bridgehead atoms. The first kappa shape index (κ1) is 15.6. The van der Waals surface area contributed by atoms with E-state index in [2.05, 4.69) is 5.32 Å². The van der Waals surface area contributed by atoms with Gasteiger partial charge in [-0.1, -0.05) is 19.9 Å². The van der Waals surface area contributed by atoms with E-state index in [4.69, 9.17) is 5.73 Å². The van der Waals surface area contributed by atoms with Gasteiger partial charge in [0.25, 0.3) is 0 Å². The van der Waals surface area contributed by atoms with Gasteiger partial charge >= 0.3 is 0 Å². The first-order chi connectivity index (χ1) is 8.90. The average molecular weight is 270 g/mol. The third-order valence-electron chi connectivity index (χ3n) is 2.73. The smallest absolute Gasteiger partial charge is 0.224 e. The largest absolute Gasteiger partial charge is 0.354 e. The Morgan fingerprint density at radius 2 is 1.89 bits per heavy atom. The Bertz CT molecular complexity index is 415. The second-order valence-electron chi connectivity index (χ2n) is 5.07. The lowest BCUT2D eigenvalue weighted by Crippen LogP contribution is -2.38. The summed E-state index contributed by atoms with van der Waals surface area (Å²) in [6, 6.07) is 3.39. The van der Waals surface area contributed by atoms with Gasteiger partial charge in [-0.15, -0.1) is 0 Å². The maximum Gasteiger partial charge on any atom is 0.224 e. The van der Waals surface area contributed by atoms with Crippen LogP contribution in [0.2, 0.25) is 0 Å². The summed E-state index contributed by atoms with van der Waals surface area (Å²) < 4.78 is 26.7. The summed E-state index contributed by atoms with van der Waals surface area (Å²) in [5.74, 6) is -1.40. The van der Waals surface area contributed by atoms with Crippen LogP contribution in [0.15, 0.2) is 18.2 Å². The van der Waals surface area contributed by atoms with Crippen LogP contribution in [-0.4, -0.2) is 18.5 Å². The fourth-order valence-electron chi connectivity index (χ4n) is 1.86. The third-order valence-corrected chi connectivity index (χ3v) is 2.73. The molecule has 0 aliphatic heterocycles. The molecule has 0 saturated heterocycles. The number of benzene rings is 1. The summed E-state index contributed by atoms with van der Waals surface area (Å²) in [6.07, 6.45) is 0.473. The highest BCUT2D eigenvalue weighted by Crippen LogP contribution is 2.12. The van der Waals surface area contributed by atoms with Gasteiger partial charge in [0.15, 0.2) is 0 Å². The van der Waals surface area contributed by atoms with E-state index >= 15 is 0 Å². The zero-order valence-electron chi connectivity index (χ0n) is 11.2. The van der Waals surface area contributed by atoms with Gasteiger partial charge in [-0.05, 0) is 24.5 Å². The lowest BCUT2D eigenvalue weighted by molar-refractivity contribution is -0.120. The van der Waals surface area contributed by atoms with Crippen LogP contribution < -0.4 is 11.1 Å². The summed E-state index contributed by atoms with van der Waals surface area (Å²) in [5, 5.41) is 2.59. The Labute approximate surface area is 112 Å². The molecule has 3 nitrogen and oxygen atoms in total. The summed E-state index contributed by atoms with van der Waals surface area (Å²) in [7, 11) is 0. The monoisotopic (exact) mass is 270 g/mol. The van der Waals surface area contributed by atoms with Crippen molar-refractivity contribution in [1.82, 2.24) is 5.32 Å². The molecule has 1 aromatic rings. The van der Waals surface area contributed by atoms with Gasteiger partial charge in [-0.25, -0.2) is 8.78 Å². The van der Waals surface area contributed by atoms with Gasteiger partial charge in [0.1, 0.15) is 11.6 Å². The van der Waals surface area contributed by atoms with E-state index in [1.165, 1.54) is 6.07 Å². The van der Waals surface area contributed by atoms with Crippen LogP contribution in [-0.2, 0) is 11.2 Å². The maximum absolute atomic E-state index is 13.3. The van der Waals surface area contributed by atoms with Crippen LogP contribution in [0.3, 0.4) is 0 Å².